The molecule has 2 amide bonds. The predicted molar refractivity (Wildman–Crippen MR) is 98.8 cm³/mol. The minimum absolute atomic E-state index is 0.103. The summed E-state index contributed by atoms with van der Waals surface area (Å²) in [6.07, 6.45) is 0. The molecular formula is C20H22F2N2O3. The first-order chi connectivity index (χ1) is 12.8. The van der Waals surface area contributed by atoms with Crippen LogP contribution in [0.2, 0.25) is 0 Å². The lowest BCUT2D eigenvalue weighted by atomic mass is 10.0. The van der Waals surface area contributed by atoms with Gasteiger partial charge in [0, 0.05) is 11.8 Å². The molecule has 2 aromatic carbocycles. The van der Waals surface area contributed by atoms with Gasteiger partial charge in [-0.3, -0.25) is 9.59 Å². The summed E-state index contributed by atoms with van der Waals surface area (Å²) in [6, 6.07) is 8.80. The molecular weight excluding hydrogens is 354 g/mol. The minimum Gasteiger partial charge on any atom is -0.483 e. The van der Waals surface area contributed by atoms with Gasteiger partial charge in [-0.1, -0.05) is 26.0 Å². The second-order valence-corrected chi connectivity index (χ2v) is 6.44. The molecule has 0 aromatic heterocycles. The zero-order valence-electron chi connectivity index (χ0n) is 15.4. The highest BCUT2D eigenvalue weighted by atomic mass is 19.2. The second-order valence-electron chi connectivity index (χ2n) is 6.44. The molecule has 0 saturated carbocycles. The van der Waals surface area contributed by atoms with Crippen molar-refractivity contribution in [3.63, 3.8) is 0 Å². The number of hydrogen-bond acceptors (Lipinski definition) is 3. The van der Waals surface area contributed by atoms with Crippen LogP contribution in [0.25, 0.3) is 0 Å². The molecule has 0 spiro atoms. The van der Waals surface area contributed by atoms with Crippen LogP contribution in [0.5, 0.6) is 5.75 Å². The van der Waals surface area contributed by atoms with Gasteiger partial charge in [0.25, 0.3) is 5.91 Å². The summed E-state index contributed by atoms with van der Waals surface area (Å²) < 4.78 is 31.6. The maximum absolute atomic E-state index is 13.1. The van der Waals surface area contributed by atoms with Crippen LogP contribution >= 0.6 is 0 Å². The average molecular weight is 376 g/mol. The van der Waals surface area contributed by atoms with E-state index in [1.807, 2.05) is 39.0 Å². The Kier molecular flexibility index (Phi) is 6.87. The number of halogens is 2. The van der Waals surface area contributed by atoms with E-state index in [-0.39, 0.29) is 24.8 Å². The van der Waals surface area contributed by atoms with Crippen LogP contribution in [0.4, 0.5) is 14.5 Å². The van der Waals surface area contributed by atoms with Gasteiger partial charge in [-0.15, -0.1) is 0 Å². The summed E-state index contributed by atoms with van der Waals surface area (Å²) in [6.45, 7) is 5.44. The average Bonchev–Trinajstić information content (AvgIpc) is 2.61. The van der Waals surface area contributed by atoms with Crippen LogP contribution in [0.1, 0.15) is 30.9 Å². The third kappa shape index (κ3) is 6.06. The van der Waals surface area contributed by atoms with Crippen molar-refractivity contribution in [2.24, 2.45) is 0 Å². The molecule has 5 nitrogen and oxygen atoms in total. The monoisotopic (exact) mass is 376 g/mol. The van der Waals surface area contributed by atoms with E-state index >= 15 is 0 Å². The first kappa shape index (κ1) is 20.4. The molecule has 0 heterocycles. The molecule has 0 fully saturated rings. The van der Waals surface area contributed by atoms with Crippen molar-refractivity contribution < 1.29 is 23.1 Å². The van der Waals surface area contributed by atoms with E-state index < -0.39 is 23.4 Å². The van der Waals surface area contributed by atoms with Gasteiger partial charge in [0.1, 0.15) is 5.75 Å². The Labute approximate surface area is 156 Å². The summed E-state index contributed by atoms with van der Waals surface area (Å²) in [5, 5.41) is 4.79. The first-order valence-corrected chi connectivity index (χ1v) is 8.51. The standard InChI is InChI=1S/C20H22F2N2O3/c1-12(2)15-6-4-13(3)8-18(15)27-11-20(26)23-10-19(25)24-14-5-7-16(21)17(22)9-14/h4-9,12H,10-11H2,1-3H3,(H,23,26)(H,24,25). The molecule has 0 unspecified atom stereocenters. The van der Waals surface area contributed by atoms with Gasteiger partial charge in [0.2, 0.25) is 5.91 Å². The van der Waals surface area contributed by atoms with Crippen LogP contribution in [0.15, 0.2) is 36.4 Å². The maximum Gasteiger partial charge on any atom is 0.258 e. The van der Waals surface area contributed by atoms with Crippen LogP contribution in [-0.2, 0) is 9.59 Å². The number of benzene rings is 2. The molecule has 2 aromatic rings. The number of carbonyl (C=O) groups is 2. The van der Waals surface area contributed by atoms with E-state index in [0.717, 1.165) is 23.3 Å². The lowest BCUT2D eigenvalue weighted by molar-refractivity contribution is -0.125. The molecule has 2 N–H and O–H groups in total. The zero-order chi connectivity index (χ0) is 20.0. The van der Waals surface area contributed by atoms with Gasteiger partial charge in [0.15, 0.2) is 18.2 Å². The van der Waals surface area contributed by atoms with Crippen LogP contribution in [0.3, 0.4) is 0 Å². The summed E-state index contributed by atoms with van der Waals surface area (Å²) in [5.74, 6) is -2.23. The molecule has 0 saturated heterocycles. The normalized spacial score (nSPS) is 10.6. The van der Waals surface area contributed by atoms with Gasteiger partial charge in [0.05, 0.1) is 6.54 Å². The Morgan fingerprint density at radius 2 is 1.78 bits per heavy atom. The Balaban J connectivity index is 1.83. The van der Waals surface area contributed by atoms with Crippen molar-refractivity contribution in [1.82, 2.24) is 5.32 Å². The fourth-order valence-electron chi connectivity index (χ4n) is 2.40. The summed E-state index contributed by atoms with van der Waals surface area (Å²) in [5.41, 5.74) is 2.11. The molecule has 27 heavy (non-hydrogen) atoms. The molecule has 7 heteroatoms. The Morgan fingerprint density at radius 1 is 1.04 bits per heavy atom. The van der Waals surface area contributed by atoms with Gasteiger partial charge >= 0.3 is 0 Å². The minimum atomic E-state index is -1.07. The number of anilines is 1. The third-order valence-electron chi connectivity index (χ3n) is 3.80. The Bertz CT molecular complexity index is 838. The third-order valence-corrected chi connectivity index (χ3v) is 3.80. The van der Waals surface area contributed by atoms with Crippen molar-refractivity contribution in [2.75, 3.05) is 18.5 Å². The highest BCUT2D eigenvalue weighted by Crippen LogP contribution is 2.27. The molecule has 0 aliphatic carbocycles. The summed E-state index contributed by atoms with van der Waals surface area (Å²) in [4.78, 5) is 23.7. The molecule has 0 atom stereocenters. The van der Waals surface area contributed by atoms with E-state index in [2.05, 4.69) is 10.6 Å². The van der Waals surface area contributed by atoms with Crippen molar-refractivity contribution >= 4 is 17.5 Å². The van der Waals surface area contributed by atoms with E-state index in [9.17, 15) is 18.4 Å². The highest BCUT2D eigenvalue weighted by molar-refractivity contribution is 5.94. The molecule has 0 aliphatic heterocycles. The first-order valence-electron chi connectivity index (χ1n) is 8.51. The fourth-order valence-corrected chi connectivity index (χ4v) is 2.40. The summed E-state index contributed by atoms with van der Waals surface area (Å²) >= 11 is 0. The zero-order valence-corrected chi connectivity index (χ0v) is 15.4. The largest absolute Gasteiger partial charge is 0.483 e. The molecule has 0 bridgehead atoms. The summed E-state index contributed by atoms with van der Waals surface area (Å²) in [7, 11) is 0. The Morgan fingerprint density at radius 3 is 2.44 bits per heavy atom. The van der Waals surface area contributed by atoms with Crippen molar-refractivity contribution in [3.05, 3.63) is 59.2 Å². The molecule has 0 radical (unpaired) electrons. The number of ether oxygens (including phenoxy) is 1. The number of rotatable bonds is 7. The van der Waals surface area contributed by atoms with Crippen molar-refractivity contribution in [3.8, 4) is 5.75 Å². The van der Waals surface area contributed by atoms with E-state index in [1.54, 1.807) is 0 Å². The highest BCUT2D eigenvalue weighted by Gasteiger charge is 2.12. The molecule has 144 valence electrons. The smallest absolute Gasteiger partial charge is 0.258 e. The lowest BCUT2D eigenvalue weighted by Crippen LogP contribution is -2.35. The van der Waals surface area contributed by atoms with Crippen molar-refractivity contribution in [1.29, 1.82) is 0 Å². The molecule has 0 aliphatic rings. The topological polar surface area (TPSA) is 67.4 Å². The quantitative estimate of drug-likeness (QED) is 0.777. The van der Waals surface area contributed by atoms with Crippen LogP contribution < -0.4 is 15.4 Å². The number of carbonyl (C=O) groups excluding carboxylic acids is 2. The van der Waals surface area contributed by atoms with Gasteiger partial charge in [-0.25, -0.2) is 8.78 Å². The van der Waals surface area contributed by atoms with Crippen molar-refractivity contribution in [2.45, 2.75) is 26.7 Å². The number of hydrogen-bond donors (Lipinski definition) is 2. The molecule has 2 rings (SSSR count). The maximum atomic E-state index is 13.1. The number of aryl methyl sites for hydroxylation is 1. The number of amides is 2. The van der Waals surface area contributed by atoms with Gasteiger partial charge in [-0.2, -0.15) is 0 Å². The predicted octanol–water partition coefficient (Wildman–Crippen LogP) is 3.53. The number of nitrogens with one attached hydrogen (secondary N) is 2. The fraction of sp³-hybridized carbons (Fsp3) is 0.300. The second kappa shape index (κ2) is 9.12. The van der Waals surface area contributed by atoms with Crippen LogP contribution in [0, 0.1) is 18.6 Å². The van der Waals surface area contributed by atoms with Gasteiger partial charge < -0.3 is 15.4 Å². The van der Waals surface area contributed by atoms with E-state index in [0.29, 0.717) is 5.75 Å². The van der Waals surface area contributed by atoms with Crippen LogP contribution in [-0.4, -0.2) is 25.0 Å². The lowest BCUT2D eigenvalue weighted by Gasteiger charge is -2.14. The SMILES string of the molecule is Cc1ccc(C(C)C)c(OCC(=O)NCC(=O)Nc2ccc(F)c(F)c2)c1. The Hall–Kier alpha value is -2.96. The van der Waals surface area contributed by atoms with E-state index in [1.165, 1.54) is 6.07 Å². The van der Waals surface area contributed by atoms with E-state index in [4.69, 9.17) is 4.74 Å². The van der Waals surface area contributed by atoms with Gasteiger partial charge in [-0.05, 0) is 42.2 Å².